The van der Waals surface area contributed by atoms with Gasteiger partial charge in [-0.05, 0) is 37.5 Å². The van der Waals surface area contributed by atoms with E-state index >= 15 is 0 Å². The molecule has 24 heavy (non-hydrogen) atoms. The van der Waals surface area contributed by atoms with Gasteiger partial charge in [0.05, 0.1) is 17.4 Å². The molecular formula is C16H18BrF2NO3S. The first-order valence-corrected chi connectivity index (χ1v) is 10.3. The van der Waals surface area contributed by atoms with Crippen molar-refractivity contribution in [1.82, 2.24) is 5.32 Å². The molecule has 1 heterocycles. The second-order valence-corrected chi connectivity index (χ2v) is 9.93. The van der Waals surface area contributed by atoms with E-state index in [0.717, 1.165) is 4.47 Å². The van der Waals surface area contributed by atoms with Gasteiger partial charge < -0.3 is 5.32 Å². The first-order valence-electron chi connectivity index (χ1n) is 7.72. The predicted octanol–water partition coefficient (Wildman–Crippen LogP) is 2.88. The molecule has 132 valence electrons. The van der Waals surface area contributed by atoms with Gasteiger partial charge in [-0.3, -0.25) is 4.79 Å². The third kappa shape index (κ3) is 2.87. The number of halogens is 3. The van der Waals surface area contributed by atoms with Crippen LogP contribution in [0.2, 0.25) is 0 Å². The topological polar surface area (TPSA) is 63.2 Å². The van der Waals surface area contributed by atoms with Gasteiger partial charge >= 0.3 is 0 Å². The van der Waals surface area contributed by atoms with Crippen molar-refractivity contribution in [2.75, 3.05) is 11.5 Å². The van der Waals surface area contributed by atoms with Crippen LogP contribution in [0, 0.1) is 5.41 Å². The van der Waals surface area contributed by atoms with E-state index in [1.807, 2.05) is 0 Å². The molecule has 1 aromatic rings. The highest BCUT2D eigenvalue weighted by atomic mass is 79.9. The van der Waals surface area contributed by atoms with Crippen molar-refractivity contribution in [2.45, 2.75) is 37.6 Å². The van der Waals surface area contributed by atoms with Crippen molar-refractivity contribution in [3.63, 3.8) is 0 Å². The zero-order valence-corrected chi connectivity index (χ0v) is 15.5. The van der Waals surface area contributed by atoms with Crippen LogP contribution >= 0.6 is 15.9 Å². The molecule has 1 saturated heterocycles. The summed E-state index contributed by atoms with van der Waals surface area (Å²) in [7, 11) is -3.06. The van der Waals surface area contributed by atoms with Crippen molar-refractivity contribution in [3.05, 3.63) is 34.3 Å². The van der Waals surface area contributed by atoms with Crippen molar-refractivity contribution in [3.8, 4) is 0 Å². The van der Waals surface area contributed by atoms with E-state index in [-0.39, 0.29) is 30.4 Å². The van der Waals surface area contributed by atoms with Gasteiger partial charge in [0.1, 0.15) is 15.3 Å². The maximum atomic E-state index is 14.4. The van der Waals surface area contributed by atoms with Gasteiger partial charge in [-0.1, -0.05) is 28.1 Å². The maximum Gasteiger partial charge on any atom is 0.270 e. The fraction of sp³-hybridized carbons (Fsp3) is 0.562. The number of benzene rings is 1. The van der Waals surface area contributed by atoms with Crippen LogP contribution in [0.15, 0.2) is 28.7 Å². The molecular weight excluding hydrogens is 404 g/mol. The summed E-state index contributed by atoms with van der Waals surface area (Å²) in [6, 6.07) is 6.17. The van der Waals surface area contributed by atoms with E-state index < -0.39 is 33.0 Å². The fourth-order valence-electron chi connectivity index (χ4n) is 3.38. The van der Waals surface area contributed by atoms with E-state index in [2.05, 4.69) is 21.2 Å². The molecule has 2 unspecified atom stereocenters. The lowest BCUT2D eigenvalue weighted by atomic mass is 9.99. The normalized spacial score (nSPS) is 31.4. The molecule has 2 fully saturated rings. The standard InChI is InChI=1S/C16H18BrF2NO3S/c1-15(14(21)20-12-6-8-24(22,23)9-7-12)13(16(15,18)19)10-2-4-11(17)5-3-10/h2-5,12-13H,6-9H2,1H3,(H,20,21). The van der Waals surface area contributed by atoms with Crippen LogP contribution in [0.5, 0.6) is 0 Å². The van der Waals surface area contributed by atoms with Gasteiger partial charge in [-0.25, -0.2) is 17.2 Å². The van der Waals surface area contributed by atoms with Gasteiger partial charge in [-0.15, -0.1) is 0 Å². The van der Waals surface area contributed by atoms with Gasteiger partial charge in [0, 0.05) is 10.5 Å². The van der Waals surface area contributed by atoms with Crippen LogP contribution in [0.25, 0.3) is 0 Å². The summed E-state index contributed by atoms with van der Waals surface area (Å²) >= 11 is 3.26. The van der Waals surface area contributed by atoms with Gasteiger partial charge in [-0.2, -0.15) is 0 Å². The molecule has 4 nitrogen and oxygen atoms in total. The molecule has 1 aromatic carbocycles. The number of carbonyl (C=O) groups excluding carboxylic acids is 1. The zero-order valence-electron chi connectivity index (χ0n) is 13.1. The van der Waals surface area contributed by atoms with Gasteiger partial charge in [0.15, 0.2) is 0 Å². The van der Waals surface area contributed by atoms with Crippen LogP contribution in [0.3, 0.4) is 0 Å². The summed E-state index contributed by atoms with van der Waals surface area (Å²) in [5, 5.41) is 2.63. The largest absolute Gasteiger partial charge is 0.353 e. The Morgan fingerprint density at radius 3 is 2.29 bits per heavy atom. The third-order valence-electron chi connectivity index (χ3n) is 5.11. The Balaban J connectivity index is 1.73. The summed E-state index contributed by atoms with van der Waals surface area (Å²) in [4.78, 5) is 12.5. The summed E-state index contributed by atoms with van der Waals surface area (Å²) < 4.78 is 52.4. The molecule has 2 aliphatic rings. The smallest absolute Gasteiger partial charge is 0.270 e. The Morgan fingerprint density at radius 1 is 1.21 bits per heavy atom. The van der Waals surface area contributed by atoms with Gasteiger partial charge in [0.2, 0.25) is 5.91 Å². The minimum Gasteiger partial charge on any atom is -0.353 e. The highest BCUT2D eigenvalue weighted by Crippen LogP contribution is 2.71. The number of hydrogen-bond donors (Lipinski definition) is 1. The Hall–Kier alpha value is -1.02. The molecule has 3 rings (SSSR count). The Kier molecular flexibility index (Phi) is 4.27. The Bertz CT molecular complexity index is 752. The first kappa shape index (κ1) is 17.8. The molecule has 8 heteroatoms. The number of carbonyl (C=O) groups is 1. The first-order chi connectivity index (χ1) is 11.1. The van der Waals surface area contributed by atoms with Crippen LogP contribution in [-0.2, 0) is 14.6 Å². The molecule has 1 saturated carbocycles. The lowest BCUT2D eigenvalue weighted by Crippen LogP contribution is -2.44. The molecule has 1 aliphatic heterocycles. The lowest BCUT2D eigenvalue weighted by Gasteiger charge is -2.24. The minimum atomic E-state index is -3.12. The Morgan fingerprint density at radius 2 is 1.75 bits per heavy atom. The second kappa shape index (κ2) is 5.76. The predicted molar refractivity (Wildman–Crippen MR) is 89.8 cm³/mol. The van der Waals surface area contributed by atoms with E-state index in [4.69, 9.17) is 0 Å². The van der Waals surface area contributed by atoms with Crippen molar-refractivity contribution in [2.24, 2.45) is 5.41 Å². The highest BCUT2D eigenvalue weighted by molar-refractivity contribution is 9.10. The van der Waals surface area contributed by atoms with Crippen LogP contribution in [0.1, 0.15) is 31.2 Å². The van der Waals surface area contributed by atoms with Crippen molar-refractivity contribution >= 4 is 31.7 Å². The lowest BCUT2D eigenvalue weighted by molar-refractivity contribution is -0.130. The molecule has 1 N–H and O–H groups in total. The third-order valence-corrected chi connectivity index (χ3v) is 7.36. The van der Waals surface area contributed by atoms with Gasteiger partial charge in [0.25, 0.3) is 5.92 Å². The van der Waals surface area contributed by atoms with Crippen LogP contribution in [0.4, 0.5) is 8.78 Å². The van der Waals surface area contributed by atoms with E-state index in [1.54, 1.807) is 24.3 Å². The number of rotatable bonds is 3. The number of hydrogen-bond acceptors (Lipinski definition) is 3. The summed E-state index contributed by atoms with van der Waals surface area (Å²) in [5.74, 6) is -5.01. The number of sulfone groups is 1. The summed E-state index contributed by atoms with van der Waals surface area (Å²) in [6.45, 7) is 1.27. The van der Waals surface area contributed by atoms with Crippen molar-refractivity contribution in [1.29, 1.82) is 0 Å². The van der Waals surface area contributed by atoms with E-state index in [1.165, 1.54) is 6.92 Å². The second-order valence-electron chi connectivity index (χ2n) is 6.71. The molecule has 1 amide bonds. The Labute approximate surface area is 148 Å². The molecule has 0 bridgehead atoms. The number of alkyl halides is 2. The van der Waals surface area contributed by atoms with Crippen molar-refractivity contribution < 1.29 is 22.0 Å². The number of nitrogens with one attached hydrogen (secondary N) is 1. The highest BCUT2D eigenvalue weighted by Gasteiger charge is 2.82. The average Bonchev–Trinajstić information content (AvgIpc) is 2.97. The summed E-state index contributed by atoms with van der Waals surface area (Å²) in [5.41, 5.74) is -1.37. The average molecular weight is 422 g/mol. The van der Waals surface area contributed by atoms with Crippen LogP contribution in [-0.4, -0.2) is 37.8 Å². The fourth-order valence-corrected chi connectivity index (χ4v) is 5.14. The maximum absolute atomic E-state index is 14.4. The zero-order chi connectivity index (χ0) is 17.8. The van der Waals surface area contributed by atoms with E-state index in [0.29, 0.717) is 5.56 Å². The molecule has 1 aliphatic carbocycles. The quantitative estimate of drug-likeness (QED) is 0.815. The summed E-state index contributed by atoms with van der Waals surface area (Å²) in [6.07, 6.45) is 0.553. The number of amides is 1. The minimum absolute atomic E-state index is 0.0127. The molecule has 0 spiro atoms. The molecule has 2 atom stereocenters. The molecule has 0 aromatic heterocycles. The van der Waals surface area contributed by atoms with Crippen LogP contribution < -0.4 is 5.32 Å². The molecule has 0 radical (unpaired) electrons. The monoisotopic (exact) mass is 421 g/mol. The van der Waals surface area contributed by atoms with E-state index in [9.17, 15) is 22.0 Å². The SMILES string of the molecule is CC1(C(=O)NC2CCS(=O)(=O)CC2)C(c2ccc(Br)cc2)C1(F)F.